The van der Waals surface area contributed by atoms with Gasteiger partial charge in [-0.2, -0.15) is 5.10 Å². The number of fused-ring (bicyclic) bond motifs is 2. The van der Waals surface area contributed by atoms with Crippen LogP contribution in [0.5, 0.6) is 0 Å². The van der Waals surface area contributed by atoms with Crippen molar-refractivity contribution in [2.45, 2.75) is 72.8 Å². The Morgan fingerprint density at radius 1 is 1.13 bits per heavy atom. The van der Waals surface area contributed by atoms with Crippen LogP contribution in [0.3, 0.4) is 0 Å². The lowest BCUT2D eigenvalue weighted by Crippen LogP contribution is -2.39. The van der Waals surface area contributed by atoms with Gasteiger partial charge in [-0.15, -0.1) is 0 Å². The van der Waals surface area contributed by atoms with Crippen LogP contribution < -0.4 is 5.76 Å². The Morgan fingerprint density at radius 3 is 2.60 bits per heavy atom. The van der Waals surface area contributed by atoms with Crippen molar-refractivity contribution >= 4 is 29.1 Å². The first-order valence-corrected chi connectivity index (χ1v) is 14.8. The minimum atomic E-state index is -0.843. The Bertz CT molecular complexity index is 1820. The maximum atomic E-state index is 13.6. The lowest BCUT2D eigenvalue weighted by Gasteiger charge is -2.31. The summed E-state index contributed by atoms with van der Waals surface area (Å²) in [6.45, 7) is 11.3. The fraction of sp³-hybridized carbons (Fsp3) is 0.424. The van der Waals surface area contributed by atoms with Crippen LogP contribution in [0.4, 0.5) is 4.79 Å². The summed E-state index contributed by atoms with van der Waals surface area (Å²) >= 11 is 0. The number of esters is 2. The molecule has 1 aliphatic heterocycles. The molecule has 238 valence electrons. The van der Waals surface area contributed by atoms with Crippen molar-refractivity contribution in [2.24, 2.45) is 13.0 Å². The highest BCUT2D eigenvalue weighted by molar-refractivity contribution is 5.94. The molecule has 5 rings (SSSR count). The minimum absolute atomic E-state index is 0.0125. The fourth-order valence-corrected chi connectivity index (χ4v) is 5.25. The molecule has 0 N–H and O–H groups in total. The topological polar surface area (TPSA) is 135 Å². The molecule has 1 atom stereocenters. The zero-order valence-corrected chi connectivity index (χ0v) is 26.6. The number of aryl methyl sites for hydroxylation is 1. The van der Waals surface area contributed by atoms with E-state index in [4.69, 9.17) is 18.6 Å². The van der Waals surface area contributed by atoms with Gasteiger partial charge in [-0.05, 0) is 69.0 Å². The Hall–Kier alpha value is -4.87. The molecule has 0 aliphatic carbocycles. The van der Waals surface area contributed by atoms with Crippen LogP contribution in [0.2, 0.25) is 0 Å². The maximum absolute atomic E-state index is 13.6. The highest BCUT2D eigenvalue weighted by atomic mass is 16.6. The van der Waals surface area contributed by atoms with Gasteiger partial charge >= 0.3 is 23.8 Å². The van der Waals surface area contributed by atoms with Crippen molar-refractivity contribution < 1.29 is 33.0 Å². The Labute approximate surface area is 260 Å². The highest BCUT2D eigenvalue weighted by Crippen LogP contribution is 2.32. The summed E-state index contributed by atoms with van der Waals surface area (Å²) < 4.78 is 25.3. The second-order valence-electron chi connectivity index (χ2n) is 12.7. The van der Waals surface area contributed by atoms with E-state index in [2.05, 4.69) is 5.10 Å². The molecule has 0 unspecified atom stereocenters. The van der Waals surface area contributed by atoms with E-state index < -0.39 is 35.5 Å². The number of hydrogen-bond donors (Lipinski definition) is 0. The summed E-state index contributed by atoms with van der Waals surface area (Å²) in [4.78, 5) is 52.2. The molecular weight excluding hydrogens is 580 g/mol. The third-order valence-corrected chi connectivity index (χ3v) is 7.49. The van der Waals surface area contributed by atoms with E-state index in [1.54, 1.807) is 75.2 Å². The number of hydrogen-bond acceptors (Lipinski definition) is 9. The lowest BCUT2D eigenvalue weighted by molar-refractivity contribution is -0.151. The molecule has 45 heavy (non-hydrogen) atoms. The molecule has 12 nitrogen and oxygen atoms in total. The van der Waals surface area contributed by atoms with Crippen LogP contribution in [0.15, 0.2) is 51.9 Å². The number of ether oxygens (including phenoxy) is 3. The van der Waals surface area contributed by atoms with Gasteiger partial charge < -0.3 is 18.6 Å². The number of cyclic esters (lactones) is 1. The second-order valence-corrected chi connectivity index (χ2v) is 12.7. The number of oxazole rings is 1. The number of carbonyl (C=O) groups excluding carboxylic acids is 3. The number of aromatic nitrogens is 3. The third-order valence-electron chi connectivity index (χ3n) is 7.49. The molecule has 4 aromatic rings. The molecule has 0 radical (unpaired) electrons. The van der Waals surface area contributed by atoms with E-state index in [9.17, 15) is 19.2 Å². The molecule has 12 heteroatoms. The van der Waals surface area contributed by atoms with Gasteiger partial charge in [0.25, 0.3) is 0 Å². The van der Waals surface area contributed by atoms with Gasteiger partial charge in [-0.25, -0.2) is 19.1 Å². The van der Waals surface area contributed by atoms with E-state index in [1.165, 1.54) is 9.47 Å². The van der Waals surface area contributed by atoms with Crippen molar-refractivity contribution in [3.8, 4) is 5.69 Å². The van der Waals surface area contributed by atoms with E-state index in [0.717, 1.165) is 11.1 Å². The standard InChI is InChI=1S/C33H38N4O8/c1-19(2)12-29(38)43-28(23-9-10-24-25(20(23)3)18-42-30(24)39)17-36(32(41)45-33(4,5)6)15-21-14-34-37(16-21)22-8-11-27-26(13-22)35(7)31(40)44-27/h8-11,13-14,16,19,28H,12,15,17-18H2,1-7H3/t28-/m0/s1. The average molecular weight is 619 g/mol. The van der Waals surface area contributed by atoms with Crippen molar-refractivity contribution in [1.82, 2.24) is 19.2 Å². The molecule has 0 bridgehead atoms. The first kappa shape index (κ1) is 31.6. The maximum Gasteiger partial charge on any atom is 0.419 e. The number of benzene rings is 2. The van der Waals surface area contributed by atoms with Gasteiger partial charge in [0.05, 0.1) is 36.1 Å². The summed E-state index contributed by atoms with van der Waals surface area (Å²) in [5, 5.41) is 4.48. The van der Waals surface area contributed by atoms with Crippen LogP contribution in [-0.2, 0) is 39.2 Å². The fourth-order valence-electron chi connectivity index (χ4n) is 5.25. The van der Waals surface area contributed by atoms with Crippen LogP contribution >= 0.6 is 0 Å². The Morgan fingerprint density at radius 2 is 1.89 bits per heavy atom. The monoisotopic (exact) mass is 618 g/mol. The van der Waals surface area contributed by atoms with Crippen molar-refractivity contribution in [3.63, 3.8) is 0 Å². The van der Waals surface area contributed by atoms with E-state index >= 15 is 0 Å². The van der Waals surface area contributed by atoms with Gasteiger partial charge in [-0.1, -0.05) is 19.9 Å². The molecule has 1 amide bonds. The van der Waals surface area contributed by atoms with Gasteiger partial charge in [0.2, 0.25) is 0 Å². The molecular formula is C33H38N4O8. The molecule has 0 saturated carbocycles. The lowest BCUT2D eigenvalue weighted by atomic mass is 9.95. The van der Waals surface area contributed by atoms with E-state index in [0.29, 0.717) is 33.5 Å². The molecule has 0 fully saturated rings. The van der Waals surface area contributed by atoms with E-state index in [-0.39, 0.29) is 32.0 Å². The van der Waals surface area contributed by atoms with Gasteiger partial charge in [0.15, 0.2) is 5.58 Å². The summed E-state index contributed by atoms with van der Waals surface area (Å²) in [6.07, 6.45) is 2.18. The molecule has 1 aliphatic rings. The molecule has 0 spiro atoms. The predicted molar refractivity (Wildman–Crippen MR) is 164 cm³/mol. The second kappa shape index (κ2) is 12.3. The van der Waals surface area contributed by atoms with Crippen molar-refractivity contribution in [2.75, 3.05) is 6.54 Å². The highest BCUT2D eigenvalue weighted by Gasteiger charge is 2.32. The zero-order valence-electron chi connectivity index (χ0n) is 26.6. The first-order valence-electron chi connectivity index (χ1n) is 14.8. The van der Waals surface area contributed by atoms with E-state index in [1.807, 2.05) is 20.8 Å². The van der Waals surface area contributed by atoms with Crippen LogP contribution in [-0.4, -0.2) is 49.4 Å². The Kier molecular flexibility index (Phi) is 8.59. The van der Waals surface area contributed by atoms with Gasteiger partial charge in [0.1, 0.15) is 18.3 Å². The van der Waals surface area contributed by atoms with Crippen molar-refractivity contribution in [1.29, 1.82) is 0 Å². The van der Waals surface area contributed by atoms with Gasteiger partial charge in [-0.3, -0.25) is 14.3 Å². The normalized spacial score (nSPS) is 13.6. The summed E-state index contributed by atoms with van der Waals surface area (Å²) in [5.41, 5.74) is 4.35. The summed E-state index contributed by atoms with van der Waals surface area (Å²) in [6, 6.07) is 8.69. The minimum Gasteiger partial charge on any atom is -0.457 e. The van der Waals surface area contributed by atoms with Crippen LogP contribution in [0.25, 0.3) is 16.8 Å². The molecule has 2 aromatic heterocycles. The molecule has 3 heterocycles. The smallest absolute Gasteiger partial charge is 0.419 e. The molecule has 2 aromatic carbocycles. The molecule has 0 saturated heterocycles. The summed E-state index contributed by atoms with van der Waals surface area (Å²) in [5.74, 6) is -1.18. The van der Waals surface area contributed by atoms with Crippen LogP contribution in [0, 0.1) is 12.8 Å². The zero-order chi connectivity index (χ0) is 32.6. The van der Waals surface area contributed by atoms with Crippen LogP contribution in [0.1, 0.15) is 79.8 Å². The number of carbonyl (C=O) groups is 3. The average Bonchev–Trinajstić information content (AvgIpc) is 3.64. The van der Waals surface area contributed by atoms with Gasteiger partial charge in [0, 0.05) is 30.8 Å². The number of rotatable bonds is 9. The quantitative estimate of drug-likeness (QED) is 0.179. The summed E-state index contributed by atoms with van der Waals surface area (Å²) in [7, 11) is 1.63. The largest absolute Gasteiger partial charge is 0.457 e. The number of amides is 1. The third kappa shape index (κ3) is 6.95. The Balaban J connectivity index is 1.47. The first-order chi connectivity index (χ1) is 21.2. The number of nitrogens with zero attached hydrogens (tertiary/aromatic N) is 4. The SMILES string of the molecule is Cc1c([C@H](CN(Cc2cnn(-c3ccc4oc(=O)n(C)c4c3)c2)C(=O)OC(C)(C)C)OC(=O)CC(C)C)ccc2c1COC2=O. The predicted octanol–water partition coefficient (Wildman–Crippen LogP) is 5.36. The van der Waals surface area contributed by atoms with Crippen molar-refractivity contribution in [3.05, 3.63) is 81.1 Å².